The molecular weight excluding hydrogens is 291 g/mol. The molecule has 5 heteroatoms. The lowest BCUT2D eigenvalue weighted by atomic mass is 10.0. The fourth-order valence-corrected chi connectivity index (χ4v) is 2.35. The van der Waals surface area contributed by atoms with E-state index in [-0.39, 0.29) is 6.61 Å². The summed E-state index contributed by atoms with van der Waals surface area (Å²) in [6.45, 7) is -0.170. The van der Waals surface area contributed by atoms with Gasteiger partial charge < -0.3 is 5.11 Å². The van der Waals surface area contributed by atoms with E-state index in [1.54, 1.807) is 30.3 Å². The Morgan fingerprint density at radius 1 is 0.955 bits per heavy atom. The number of rotatable bonds is 2. The largest absolute Gasteiger partial charge is 0.416 e. The summed E-state index contributed by atoms with van der Waals surface area (Å²) in [6, 6.07) is 13.9. The van der Waals surface area contributed by atoms with Gasteiger partial charge in [0.15, 0.2) is 0 Å². The van der Waals surface area contributed by atoms with Crippen LogP contribution in [-0.4, -0.2) is 10.1 Å². The first-order valence-corrected chi connectivity index (χ1v) is 6.66. The molecule has 1 heterocycles. The van der Waals surface area contributed by atoms with Gasteiger partial charge >= 0.3 is 6.18 Å². The third-order valence-electron chi connectivity index (χ3n) is 3.46. The number of nitrogens with zero attached hydrogens (tertiary/aromatic N) is 1. The molecule has 0 aliphatic rings. The molecule has 0 saturated carbocycles. The quantitative estimate of drug-likeness (QED) is 0.760. The van der Waals surface area contributed by atoms with Gasteiger partial charge in [0.05, 0.1) is 23.4 Å². The number of alkyl halides is 3. The predicted molar refractivity (Wildman–Crippen MR) is 78.1 cm³/mol. The molecule has 2 aromatic carbocycles. The highest BCUT2D eigenvalue weighted by molar-refractivity contribution is 5.84. The zero-order valence-electron chi connectivity index (χ0n) is 11.4. The van der Waals surface area contributed by atoms with Crippen LogP contribution in [0, 0.1) is 0 Å². The van der Waals surface area contributed by atoms with E-state index in [1.165, 1.54) is 6.07 Å². The van der Waals surface area contributed by atoms with Crippen LogP contribution in [0.3, 0.4) is 0 Å². The maximum Gasteiger partial charge on any atom is 0.416 e. The molecule has 0 atom stereocenters. The van der Waals surface area contributed by atoms with Crippen molar-refractivity contribution in [3.63, 3.8) is 0 Å². The highest BCUT2D eigenvalue weighted by Crippen LogP contribution is 2.32. The topological polar surface area (TPSA) is 33.1 Å². The Hall–Kier alpha value is -2.40. The van der Waals surface area contributed by atoms with Gasteiger partial charge in [0.1, 0.15) is 0 Å². The fraction of sp³-hybridized carbons (Fsp3) is 0.118. The molecule has 22 heavy (non-hydrogen) atoms. The molecule has 0 fully saturated rings. The summed E-state index contributed by atoms with van der Waals surface area (Å²) in [7, 11) is 0. The van der Waals surface area contributed by atoms with E-state index < -0.39 is 11.7 Å². The summed E-state index contributed by atoms with van der Waals surface area (Å²) >= 11 is 0. The average Bonchev–Trinajstić information content (AvgIpc) is 2.53. The summed E-state index contributed by atoms with van der Waals surface area (Å²) in [4.78, 5) is 4.41. The van der Waals surface area contributed by atoms with Gasteiger partial charge in [-0.15, -0.1) is 0 Å². The van der Waals surface area contributed by atoms with E-state index in [0.717, 1.165) is 17.5 Å². The minimum atomic E-state index is -4.39. The molecule has 3 aromatic rings. The number of halogens is 3. The third-order valence-corrected chi connectivity index (χ3v) is 3.46. The van der Waals surface area contributed by atoms with Crippen molar-refractivity contribution < 1.29 is 18.3 Å². The third kappa shape index (κ3) is 2.67. The SMILES string of the molecule is OCc1cccc2ccc(-c3cccc(C(F)(F)F)c3)nc12. The second kappa shape index (κ2) is 5.42. The Morgan fingerprint density at radius 3 is 2.45 bits per heavy atom. The van der Waals surface area contributed by atoms with Gasteiger partial charge in [-0.3, -0.25) is 0 Å². The highest BCUT2D eigenvalue weighted by Gasteiger charge is 2.30. The molecular formula is C17H12F3NO. The summed E-state index contributed by atoms with van der Waals surface area (Å²) in [5.41, 5.74) is 1.37. The van der Waals surface area contributed by atoms with E-state index in [0.29, 0.717) is 22.3 Å². The van der Waals surface area contributed by atoms with Crippen LogP contribution in [0.2, 0.25) is 0 Å². The second-order valence-electron chi connectivity index (χ2n) is 4.92. The van der Waals surface area contributed by atoms with Gasteiger partial charge in [-0.05, 0) is 18.2 Å². The number of aromatic nitrogens is 1. The van der Waals surface area contributed by atoms with Crippen LogP contribution in [0.15, 0.2) is 54.6 Å². The Kier molecular flexibility index (Phi) is 3.58. The van der Waals surface area contributed by atoms with E-state index in [1.807, 2.05) is 6.07 Å². The van der Waals surface area contributed by atoms with Crippen molar-refractivity contribution in [2.75, 3.05) is 0 Å². The maximum atomic E-state index is 12.8. The number of para-hydroxylation sites is 1. The molecule has 0 unspecified atom stereocenters. The van der Waals surface area contributed by atoms with Crippen LogP contribution in [0.25, 0.3) is 22.2 Å². The zero-order chi connectivity index (χ0) is 15.7. The first kappa shape index (κ1) is 14.5. The van der Waals surface area contributed by atoms with Gasteiger partial charge in [0, 0.05) is 16.5 Å². The van der Waals surface area contributed by atoms with Crippen molar-refractivity contribution in [1.29, 1.82) is 0 Å². The smallest absolute Gasteiger partial charge is 0.392 e. The average molecular weight is 303 g/mol. The molecule has 112 valence electrons. The highest BCUT2D eigenvalue weighted by atomic mass is 19.4. The van der Waals surface area contributed by atoms with Gasteiger partial charge in [0.25, 0.3) is 0 Å². The molecule has 3 rings (SSSR count). The van der Waals surface area contributed by atoms with E-state index in [9.17, 15) is 18.3 Å². The minimum Gasteiger partial charge on any atom is -0.392 e. The van der Waals surface area contributed by atoms with E-state index in [4.69, 9.17) is 0 Å². The van der Waals surface area contributed by atoms with Crippen molar-refractivity contribution in [3.05, 3.63) is 65.7 Å². The lowest BCUT2D eigenvalue weighted by Gasteiger charge is -2.10. The van der Waals surface area contributed by atoms with Gasteiger partial charge in [-0.1, -0.05) is 36.4 Å². The number of fused-ring (bicyclic) bond motifs is 1. The lowest BCUT2D eigenvalue weighted by molar-refractivity contribution is -0.137. The monoisotopic (exact) mass is 303 g/mol. The van der Waals surface area contributed by atoms with Gasteiger partial charge in [0.2, 0.25) is 0 Å². The predicted octanol–water partition coefficient (Wildman–Crippen LogP) is 4.41. The van der Waals surface area contributed by atoms with Crippen molar-refractivity contribution in [3.8, 4) is 11.3 Å². The van der Waals surface area contributed by atoms with Crippen molar-refractivity contribution in [1.82, 2.24) is 4.98 Å². The van der Waals surface area contributed by atoms with Crippen LogP contribution in [0.5, 0.6) is 0 Å². The second-order valence-corrected chi connectivity index (χ2v) is 4.92. The molecule has 1 aromatic heterocycles. The molecule has 0 amide bonds. The summed E-state index contributed by atoms with van der Waals surface area (Å²) in [5.74, 6) is 0. The number of pyridine rings is 1. The van der Waals surface area contributed by atoms with Crippen molar-refractivity contribution in [2.45, 2.75) is 12.8 Å². The van der Waals surface area contributed by atoms with Crippen LogP contribution < -0.4 is 0 Å². The number of aliphatic hydroxyl groups excluding tert-OH is 1. The molecule has 1 N–H and O–H groups in total. The number of benzene rings is 2. The Morgan fingerprint density at radius 2 is 1.73 bits per heavy atom. The van der Waals surface area contributed by atoms with Crippen LogP contribution in [-0.2, 0) is 12.8 Å². The van der Waals surface area contributed by atoms with Gasteiger partial charge in [-0.2, -0.15) is 13.2 Å². The van der Waals surface area contributed by atoms with Gasteiger partial charge in [-0.25, -0.2) is 4.98 Å². The molecule has 0 aliphatic heterocycles. The van der Waals surface area contributed by atoms with Crippen molar-refractivity contribution in [2.24, 2.45) is 0 Å². The van der Waals surface area contributed by atoms with Crippen LogP contribution in [0.1, 0.15) is 11.1 Å². The fourth-order valence-electron chi connectivity index (χ4n) is 2.35. The number of aliphatic hydroxyl groups is 1. The van der Waals surface area contributed by atoms with E-state index >= 15 is 0 Å². The molecule has 0 aliphatic carbocycles. The summed E-state index contributed by atoms with van der Waals surface area (Å²) in [6.07, 6.45) is -4.39. The minimum absolute atomic E-state index is 0.170. The Bertz CT molecular complexity index is 827. The van der Waals surface area contributed by atoms with Crippen LogP contribution in [0.4, 0.5) is 13.2 Å². The molecule has 0 spiro atoms. The Labute approximate surface area is 124 Å². The standard InChI is InChI=1S/C17H12F3NO/c18-17(19,20)14-6-2-4-12(9-14)15-8-7-11-3-1-5-13(10-22)16(11)21-15/h1-9,22H,10H2. The number of hydrogen-bond acceptors (Lipinski definition) is 2. The first-order valence-electron chi connectivity index (χ1n) is 6.66. The Balaban J connectivity index is 2.15. The molecule has 0 radical (unpaired) electrons. The molecule has 0 bridgehead atoms. The lowest BCUT2D eigenvalue weighted by Crippen LogP contribution is -2.04. The molecule has 0 saturated heterocycles. The summed E-state index contributed by atoms with van der Waals surface area (Å²) < 4.78 is 38.4. The maximum absolute atomic E-state index is 12.8. The normalized spacial score (nSPS) is 11.8. The zero-order valence-corrected chi connectivity index (χ0v) is 11.4. The van der Waals surface area contributed by atoms with E-state index in [2.05, 4.69) is 4.98 Å². The summed E-state index contributed by atoms with van der Waals surface area (Å²) in [5, 5.41) is 10.2. The molecule has 2 nitrogen and oxygen atoms in total. The van der Waals surface area contributed by atoms with Crippen LogP contribution >= 0.6 is 0 Å². The number of hydrogen-bond donors (Lipinski definition) is 1. The first-order chi connectivity index (χ1) is 10.5. The van der Waals surface area contributed by atoms with Crippen molar-refractivity contribution >= 4 is 10.9 Å².